The van der Waals surface area contributed by atoms with Gasteiger partial charge in [-0.3, -0.25) is 4.57 Å². The fourth-order valence-electron chi connectivity index (χ4n) is 7.59. The highest BCUT2D eigenvalue weighted by Gasteiger charge is 2.27. The van der Waals surface area contributed by atoms with Crippen LogP contribution in [0.1, 0.15) is 11.1 Å². The smallest absolute Gasteiger partial charge is 0.235 e. The Morgan fingerprint density at radius 1 is 0.608 bits per heavy atom. The molecule has 4 heteroatoms. The van der Waals surface area contributed by atoms with Crippen LogP contribution in [0.25, 0.3) is 87.1 Å². The van der Waals surface area contributed by atoms with Crippen LogP contribution in [0.4, 0.5) is 0 Å². The van der Waals surface area contributed by atoms with Gasteiger partial charge in [-0.05, 0) is 75.2 Å². The molecule has 3 heterocycles. The van der Waals surface area contributed by atoms with Crippen molar-refractivity contribution in [2.75, 3.05) is 0 Å². The quantitative estimate of drug-likeness (QED) is 0.187. The number of nitrogens with zero attached hydrogens (tertiary/aromatic N) is 3. The van der Waals surface area contributed by atoms with E-state index in [-0.39, 0.29) is 0 Å². The molecule has 0 atom stereocenters. The lowest BCUT2D eigenvalue weighted by Gasteiger charge is -2.15. The monoisotopic (exact) mass is 669 g/mol. The Morgan fingerprint density at radius 3 is 2.22 bits per heavy atom. The van der Waals surface area contributed by atoms with Crippen LogP contribution in [0, 0.1) is 0 Å². The molecule has 0 amide bonds. The number of para-hydroxylation sites is 2. The molecule has 1 aliphatic rings. The van der Waals surface area contributed by atoms with Crippen LogP contribution in [-0.2, 0) is 6.42 Å². The number of hydrogen-bond acceptors (Lipinski definition) is 3. The highest BCUT2D eigenvalue weighted by Crippen LogP contribution is 2.47. The predicted octanol–water partition coefficient (Wildman–Crippen LogP) is 12.6. The molecule has 0 saturated heterocycles. The van der Waals surface area contributed by atoms with Gasteiger partial charge in [0.2, 0.25) is 5.95 Å². The fraction of sp³-hybridized carbons (Fsp3) is 0.0213. The van der Waals surface area contributed by atoms with Gasteiger partial charge in [0.15, 0.2) is 0 Å². The van der Waals surface area contributed by atoms with Crippen molar-refractivity contribution in [1.29, 1.82) is 0 Å². The van der Waals surface area contributed by atoms with Gasteiger partial charge in [-0.2, -0.15) is 0 Å². The van der Waals surface area contributed by atoms with Crippen LogP contribution < -0.4 is 0 Å². The minimum Gasteiger partial charge on any atom is -0.276 e. The van der Waals surface area contributed by atoms with Gasteiger partial charge in [-0.1, -0.05) is 140 Å². The summed E-state index contributed by atoms with van der Waals surface area (Å²) in [5.74, 6) is 0.645. The summed E-state index contributed by atoms with van der Waals surface area (Å²) < 4.78 is 3.55. The molecule has 0 spiro atoms. The van der Waals surface area contributed by atoms with Crippen molar-refractivity contribution in [2.45, 2.75) is 6.42 Å². The standard InChI is InChI=1S/C47H31N3S/c1-30-14-4-2-7-18-37-36-17-10-13-23-42(36)51-46(37)45-43(30)39-20-9-12-22-41(39)50(45)47-48-40-21-11-8-19-38(40)44(49-47)34-27-25-32-24-26-33(28-35(32)29-34)31-15-5-3-6-16-31/h2-17,19-29H,1,18H2/b7-2-,14-4-. The van der Waals surface area contributed by atoms with Crippen molar-refractivity contribution in [1.82, 2.24) is 14.5 Å². The van der Waals surface area contributed by atoms with Crippen molar-refractivity contribution in [3.8, 4) is 38.9 Å². The average molecular weight is 670 g/mol. The van der Waals surface area contributed by atoms with Crippen LogP contribution in [0.3, 0.4) is 0 Å². The molecule has 0 unspecified atom stereocenters. The number of allylic oxidation sites excluding steroid dienone is 5. The highest BCUT2D eigenvalue weighted by atomic mass is 32.1. The van der Waals surface area contributed by atoms with Gasteiger partial charge in [0.25, 0.3) is 0 Å². The lowest BCUT2D eigenvalue weighted by molar-refractivity contribution is 0.990. The topological polar surface area (TPSA) is 30.7 Å². The van der Waals surface area contributed by atoms with E-state index in [9.17, 15) is 0 Å². The molecule has 51 heavy (non-hydrogen) atoms. The van der Waals surface area contributed by atoms with Gasteiger partial charge in [0.05, 0.1) is 27.3 Å². The largest absolute Gasteiger partial charge is 0.276 e. The van der Waals surface area contributed by atoms with E-state index in [1.807, 2.05) is 11.3 Å². The molecule has 0 aliphatic heterocycles. The zero-order valence-corrected chi connectivity index (χ0v) is 28.6. The first-order valence-electron chi connectivity index (χ1n) is 17.2. The van der Waals surface area contributed by atoms with E-state index >= 15 is 0 Å². The molecule has 0 fully saturated rings. The molecular weight excluding hydrogens is 639 g/mol. The molecule has 240 valence electrons. The number of thiophene rings is 1. The van der Waals surface area contributed by atoms with E-state index in [0.717, 1.165) is 56.3 Å². The van der Waals surface area contributed by atoms with Gasteiger partial charge in [-0.25, -0.2) is 9.97 Å². The van der Waals surface area contributed by atoms with Crippen molar-refractivity contribution in [2.24, 2.45) is 0 Å². The average Bonchev–Trinajstić information content (AvgIpc) is 3.73. The zero-order chi connectivity index (χ0) is 33.9. The lowest BCUT2D eigenvalue weighted by Crippen LogP contribution is -2.06. The Bertz CT molecular complexity index is 2900. The van der Waals surface area contributed by atoms with Gasteiger partial charge in [-0.15, -0.1) is 11.3 Å². The fourth-order valence-corrected chi connectivity index (χ4v) is 8.86. The Hall–Kier alpha value is -6.36. The normalized spacial score (nSPS) is 14.2. The van der Waals surface area contributed by atoms with E-state index in [4.69, 9.17) is 9.97 Å². The zero-order valence-electron chi connectivity index (χ0n) is 27.8. The third kappa shape index (κ3) is 4.87. The summed E-state index contributed by atoms with van der Waals surface area (Å²) in [5, 5.41) is 5.80. The van der Waals surface area contributed by atoms with E-state index in [1.54, 1.807) is 0 Å². The third-order valence-electron chi connectivity index (χ3n) is 9.99. The Morgan fingerprint density at radius 2 is 1.33 bits per heavy atom. The molecule has 3 nitrogen and oxygen atoms in total. The van der Waals surface area contributed by atoms with Gasteiger partial charge < -0.3 is 0 Å². The molecule has 0 saturated carbocycles. The maximum absolute atomic E-state index is 5.50. The number of aromatic nitrogens is 3. The Kier molecular flexibility index (Phi) is 6.90. The Balaban J connectivity index is 1.27. The first kappa shape index (κ1) is 29.5. The maximum Gasteiger partial charge on any atom is 0.235 e. The summed E-state index contributed by atoms with van der Waals surface area (Å²) in [6, 6.07) is 49.6. The van der Waals surface area contributed by atoms with Crippen LogP contribution >= 0.6 is 11.3 Å². The summed E-state index contributed by atoms with van der Waals surface area (Å²) in [4.78, 5) is 12.0. The van der Waals surface area contributed by atoms with Crippen molar-refractivity contribution >= 4 is 59.6 Å². The van der Waals surface area contributed by atoms with Crippen LogP contribution in [-0.4, -0.2) is 14.5 Å². The second-order valence-corrected chi connectivity index (χ2v) is 14.1. The number of fused-ring (bicyclic) bond motifs is 9. The van der Waals surface area contributed by atoms with Crippen molar-refractivity contribution in [3.05, 3.63) is 182 Å². The summed E-state index contributed by atoms with van der Waals surface area (Å²) >= 11 is 1.84. The Labute approximate surface area is 299 Å². The van der Waals surface area contributed by atoms with Crippen molar-refractivity contribution in [3.63, 3.8) is 0 Å². The molecule has 10 rings (SSSR count). The SMILES string of the molecule is C=C1/C=C\C=C/Cc2c(sc3ccccc23)-c2c1c1ccccc1n2-c1nc(-c2ccc3ccc(-c4ccccc4)cc3c2)c2ccccc2n1. The molecule has 9 aromatic rings. The number of hydrogen-bond donors (Lipinski definition) is 0. The molecule has 0 N–H and O–H groups in total. The first-order chi connectivity index (χ1) is 25.2. The predicted molar refractivity (Wildman–Crippen MR) is 217 cm³/mol. The summed E-state index contributed by atoms with van der Waals surface area (Å²) in [6.45, 7) is 4.62. The highest BCUT2D eigenvalue weighted by molar-refractivity contribution is 7.22. The molecule has 6 aromatic carbocycles. The van der Waals surface area contributed by atoms with E-state index in [1.165, 1.54) is 42.4 Å². The molecule has 0 bridgehead atoms. The molecule has 1 aliphatic carbocycles. The van der Waals surface area contributed by atoms with E-state index in [0.29, 0.717) is 5.95 Å². The molecule has 3 aromatic heterocycles. The summed E-state index contributed by atoms with van der Waals surface area (Å²) in [5.41, 5.74) is 10.8. The van der Waals surface area contributed by atoms with E-state index < -0.39 is 0 Å². The maximum atomic E-state index is 5.50. The van der Waals surface area contributed by atoms with Crippen LogP contribution in [0.2, 0.25) is 0 Å². The van der Waals surface area contributed by atoms with E-state index in [2.05, 4.69) is 175 Å². The van der Waals surface area contributed by atoms with Crippen LogP contribution in [0.15, 0.2) is 170 Å². The first-order valence-corrected chi connectivity index (χ1v) is 18.1. The van der Waals surface area contributed by atoms with Crippen LogP contribution in [0.5, 0.6) is 0 Å². The number of rotatable bonds is 3. The number of benzene rings is 6. The second kappa shape index (κ2) is 11.9. The third-order valence-corrected chi connectivity index (χ3v) is 11.2. The van der Waals surface area contributed by atoms with Crippen molar-refractivity contribution < 1.29 is 0 Å². The summed E-state index contributed by atoms with van der Waals surface area (Å²) in [6.07, 6.45) is 9.42. The van der Waals surface area contributed by atoms with Gasteiger partial charge in [0, 0.05) is 26.6 Å². The molecule has 0 radical (unpaired) electrons. The summed E-state index contributed by atoms with van der Waals surface area (Å²) in [7, 11) is 0. The molecular formula is C47H31N3S. The minimum absolute atomic E-state index is 0.645. The van der Waals surface area contributed by atoms with Gasteiger partial charge >= 0.3 is 0 Å². The second-order valence-electron chi connectivity index (χ2n) is 13.0. The minimum atomic E-state index is 0.645. The van der Waals surface area contributed by atoms with Gasteiger partial charge in [0.1, 0.15) is 0 Å². The lowest BCUT2D eigenvalue weighted by atomic mass is 9.97.